The van der Waals surface area contributed by atoms with Crippen molar-refractivity contribution in [3.05, 3.63) is 75.3 Å². The first-order valence-corrected chi connectivity index (χ1v) is 13.8. The number of piperazine rings is 1. The van der Waals surface area contributed by atoms with Crippen molar-refractivity contribution in [1.82, 2.24) is 14.3 Å². The SMILES string of the molecule is O=C1/C(=C\c2c(N3CCN(c4ccc(F)cc4)CC3)nc3ccccn3c2=O)SC(=S)N1CC1CCCO1. The first kappa shape index (κ1) is 25.0. The van der Waals surface area contributed by atoms with Crippen LogP contribution >= 0.6 is 24.0 Å². The molecule has 1 unspecified atom stereocenters. The Bertz CT molecular complexity index is 1480. The van der Waals surface area contributed by atoms with Crippen LogP contribution in [0, 0.1) is 5.82 Å². The zero-order valence-electron chi connectivity index (χ0n) is 20.6. The fourth-order valence-electron chi connectivity index (χ4n) is 5.07. The Morgan fingerprint density at radius 3 is 2.58 bits per heavy atom. The normalized spacial score (nSPS) is 21.3. The van der Waals surface area contributed by atoms with Crippen molar-refractivity contribution in [2.75, 3.05) is 49.1 Å². The zero-order valence-corrected chi connectivity index (χ0v) is 22.2. The van der Waals surface area contributed by atoms with Crippen molar-refractivity contribution >= 4 is 57.4 Å². The number of nitrogens with zero attached hydrogens (tertiary/aromatic N) is 5. The number of rotatable bonds is 5. The predicted octanol–water partition coefficient (Wildman–Crippen LogP) is 3.54. The molecule has 6 rings (SSSR count). The molecule has 196 valence electrons. The Hall–Kier alpha value is -3.28. The van der Waals surface area contributed by atoms with Crippen molar-refractivity contribution in [2.24, 2.45) is 0 Å². The minimum Gasteiger partial charge on any atom is -0.376 e. The molecule has 1 aromatic carbocycles. The summed E-state index contributed by atoms with van der Waals surface area (Å²) in [5, 5.41) is 0. The summed E-state index contributed by atoms with van der Waals surface area (Å²) in [4.78, 5) is 38.1. The number of aromatic nitrogens is 2. The van der Waals surface area contributed by atoms with E-state index in [4.69, 9.17) is 21.9 Å². The average Bonchev–Trinajstić information content (AvgIpc) is 3.55. The van der Waals surface area contributed by atoms with Crippen molar-refractivity contribution in [2.45, 2.75) is 18.9 Å². The second-order valence-electron chi connectivity index (χ2n) is 9.46. The van der Waals surface area contributed by atoms with Gasteiger partial charge in [-0.1, -0.05) is 30.0 Å². The molecule has 0 radical (unpaired) electrons. The van der Waals surface area contributed by atoms with E-state index in [9.17, 15) is 14.0 Å². The van der Waals surface area contributed by atoms with Crippen molar-refractivity contribution < 1.29 is 13.9 Å². The maximum Gasteiger partial charge on any atom is 0.267 e. The van der Waals surface area contributed by atoms with Crippen LogP contribution in [-0.2, 0) is 9.53 Å². The molecule has 3 aliphatic rings. The minimum absolute atomic E-state index is 0.0159. The Labute approximate surface area is 228 Å². The van der Waals surface area contributed by atoms with Gasteiger partial charge in [0.2, 0.25) is 0 Å². The van der Waals surface area contributed by atoms with E-state index in [-0.39, 0.29) is 23.4 Å². The predicted molar refractivity (Wildman–Crippen MR) is 151 cm³/mol. The smallest absolute Gasteiger partial charge is 0.267 e. The molecule has 8 nitrogen and oxygen atoms in total. The van der Waals surface area contributed by atoms with E-state index in [1.54, 1.807) is 41.4 Å². The molecule has 0 spiro atoms. The Morgan fingerprint density at radius 1 is 1.08 bits per heavy atom. The summed E-state index contributed by atoms with van der Waals surface area (Å²) in [6.07, 6.45) is 5.19. The molecular formula is C27H26FN5O3S2. The number of benzene rings is 1. The highest BCUT2D eigenvalue weighted by molar-refractivity contribution is 8.26. The quantitative estimate of drug-likeness (QED) is 0.352. The molecule has 1 amide bonds. The molecule has 2 aromatic heterocycles. The van der Waals surface area contributed by atoms with Crippen molar-refractivity contribution in [3.8, 4) is 0 Å². The molecule has 3 aromatic rings. The van der Waals surface area contributed by atoms with E-state index in [1.165, 1.54) is 28.3 Å². The van der Waals surface area contributed by atoms with E-state index in [0.29, 0.717) is 65.6 Å². The lowest BCUT2D eigenvalue weighted by Gasteiger charge is -2.37. The summed E-state index contributed by atoms with van der Waals surface area (Å²) in [6.45, 7) is 3.73. The van der Waals surface area contributed by atoms with Gasteiger partial charge in [0.15, 0.2) is 0 Å². The van der Waals surface area contributed by atoms with Crippen LogP contribution in [0.5, 0.6) is 0 Å². The number of pyridine rings is 1. The third-order valence-corrected chi connectivity index (χ3v) is 8.46. The third kappa shape index (κ3) is 4.81. The fourth-order valence-corrected chi connectivity index (χ4v) is 6.32. The molecule has 3 saturated heterocycles. The van der Waals surface area contributed by atoms with Crippen LogP contribution < -0.4 is 15.4 Å². The van der Waals surface area contributed by atoms with Gasteiger partial charge in [0.25, 0.3) is 11.5 Å². The van der Waals surface area contributed by atoms with E-state index in [2.05, 4.69) is 9.80 Å². The van der Waals surface area contributed by atoms with Gasteiger partial charge in [-0.25, -0.2) is 9.37 Å². The van der Waals surface area contributed by atoms with E-state index in [0.717, 1.165) is 18.5 Å². The van der Waals surface area contributed by atoms with Gasteiger partial charge in [-0.05, 0) is 55.3 Å². The lowest BCUT2D eigenvalue weighted by atomic mass is 10.2. The minimum atomic E-state index is -0.265. The molecule has 11 heteroatoms. The van der Waals surface area contributed by atoms with Crippen molar-refractivity contribution in [1.29, 1.82) is 0 Å². The van der Waals surface area contributed by atoms with Crippen LogP contribution in [0.4, 0.5) is 15.9 Å². The number of carbonyl (C=O) groups is 1. The van der Waals surface area contributed by atoms with Gasteiger partial charge >= 0.3 is 0 Å². The number of thioether (sulfide) groups is 1. The largest absolute Gasteiger partial charge is 0.376 e. The Kier molecular flexibility index (Phi) is 6.89. The standard InChI is InChI=1S/C27H26FN5O3S2/c28-18-6-8-19(9-7-18)30-11-13-31(14-12-30)24-21(25(34)32-10-2-1-5-23(32)29-24)16-22-26(35)33(27(37)38-22)17-20-4-3-15-36-20/h1-2,5-10,16,20H,3-4,11-15,17H2/b22-16+. The van der Waals surface area contributed by atoms with Crippen LogP contribution in [0.3, 0.4) is 0 Å². The number of halogens is 1. The van der Waals surface area contributed by atoms with Crippen molar-refractivity contribution in [3.63, 3.8) is 0 Å². The number of hydrogen-bond donors (Lipinski definition) is 0. The summed E-state index contributed by atoms with van der Waals surface area (Å²) in [5.74, 6) is 0.0727. The first-order chi connectivity index (χ1) is 18.5. The number of fused-ring (bicyclic) bond motifs is 1. The average molecular weight is 552 g/mol. The topological polar surface area (TPSA) is 70.4 Å². The summed E-state index contributed by atoms with van der Waals surface area (Å²) in [7, 11) is 0. The van der Waals surface area contributed by atoms with Gasteiger partial charge in [-0.15, -0.1) is 0 Å². The molecule has 1 atom stereocenters. The van der Waals surface area contributed by atoms with Crippen LogP contribution in [0.25, 0.3) is 11.7 Å². The van der Waals surface area contributed by atoms with Crippen LogP contribution in [0.2, 0.25) is 0 Å². The van der Waals surface area contributed by atoms with E-state index < -0.39 is 0 Å². The van der Waals surface area contributed by atoms with Gasteiger partial charge < -0.3 is 14.5 Å². The first-order valence-electron chi connectivity index (χ1n) is 12.6. The van der Waals surface area contributed by atoms with E-state index in [1.807, 2.05) is 6.07 Å². The number of ether oxygens (including phenoxy) is 1. The summed E-state index contributed by atoms with van der Waals surface area (Å²) in [5.41, 5.74) is 1.61. The van der Waals surface area contributed by atoms with Gasteiger partial charge in [-0.3, -0.25) is 18.9 Å². The number of amides is 1. The molecule has 5 heterocycles. The molecular weight excluding hydrogens is 525 g/mol. The molecule has 38 heavy (non-hydrogen) atoms. The second kappa shape index (κ2) is 10.5. The number of carbonyl (C=O) groups excluding carboxylic acids is 1. The molecule has 3 aliphatic heterocycles. The molecule has 0 saturated carbocycles. The highest BCUT2D eigenvalue weighted by Crippen LogP contribution is 2.34. The maximum absolute atomic E-state index is 13.7. The number of thiocarbonyl (C=S) groups is 1. The summed E-state index contributed by atoms with van der Waals surface area (Å²) >= 11 is 6.72. The monoisotopic (exact) mass is 551 g/mol. The Balaban J connectivity index is 1.32. The molecule has 0 bridgehead atoms. The molecule has 0 aliphatic carbocycles. The Morgan fingerprint density at radius 2 is 1.84 bits per heavy atom. The van der Waals surface area contributed by atoms with E-state index >= 15 is 0 Å². The van der Waals surface area contributed by atoms with Crippen LogP contribution in [0.15, 0.2) is 58.4 Å². The highest BCUT2D eigenvalue weighted by Gasteiger charge is 2.35. The van der Waals surface area contributed by atoms with Gasteiger partial charge in [-0.2, -0.15) is 0 Å². The van der Waals surface area contributed by atoms with Crippen LogP contribution in [-0.4, -0.2) is 69.9 Å². The molecule has 0 N–H and O–H groups in total. The van der Waals surface area contributed by atoms with Gasteiger partial charge in [0, 0.05) is 44.7 Å². The van der Waals surface area contributed by atoms with Crippen LogP contribution in [0.1, 0.15) is 18.4 Å². The highest BCUT2D eigenvalue weighted by atomic mass is 32.2. The molecule has 3 fully saturated rings. The third-order valence-electron chi connectivity index (χ3n) is 7.08. The maximum atomic E-state index is 13.7. The number of anilines is 2. The second-order valence-corrected chi connectivity index (χ2v) is 11.1. The fraction of sp³-hybridized carbons (Fsp3) is 0.333. The summed E-state index contributed by atoms with van der Waals surface area (Å²) in [6, 6.07) is 11.9. The lowest BCUT2D eigenvalue weighted by molar-refractivity contribution is -0.123. The van der Waals surface area contributed by atoms with Gasteiger partial charge in [0.05, 0.1) is 23.1 Å². The van der Waals surface area contributed by atoms with Gasteiger partial charge in [0.1, 0.15) is 21.6 Å². The number of hydrogen-bond acceptors (Lipinski definition) is 8. The zero-order chi connectivity index (χ0) is 26.2. The lowest BCUT2D eigenvalue weighted by Crippen LogP contribution is -2.47. The summed E-state index contributed by atoms with van der Waals surface area (Å²) < 4.78 is 21.0.